The lowest BCUT2D eigenvalue weighted by Gasteiger charge is -2.11. The summed E-state index contributed by atoms with van der Waals surface area (Å²) < 4.78 is 0. The third-order valence-corrected chi connectivity index (χ3v) is 4.64. The van der Waals surface area contributed by atoms with Crippen LogP contribution in [-0.4, -0.2) is 29.6 Å². The van der Waals surface area contributed by atoms with Gasteiger partial charge < -0.3 is 15.7 Å². The highest BCUT2D eigenvalue weighted by molar-refractivity contribution is 7.13. The van der Waals surface area contributed by atoms with Gasteiger partial charge in [-0.2, -0.15) is 0 Å². The Balaban J connectivity index is 1.97. The van der Waals surface area contributed by atoms with Crippen molar-refractivity contribution >= 4 is 28.8 Å². The number of hydrogen-bond acceptors (Lipinski definition) is 4. The molecule has 0 saturated carbocycles. The fourth-order valence-electron chi connectivity index (χ4n) is 2.32. The summed E-state index contributed by atoms with van der Waals surface area (Å²) in [6.07, 6.45) is 0.777. The normalized spacial score (nSPS) is 11.8. The second kappa shape index (κ2) is 8.61. The Kier molecular flexibility index (Phi) is 6.52. The first-order valence-electron chi connectivity index (χ1n) is 7.93. The Morgan fingerprint density at radius 3 is 2.71 bits per heavy atom. The minimum atomic E-state index is -0.747. The lowest BCUT2D eigenvalue weighted by molar-refractivity contribution is -0.136. The molecule has 2 rings (SSSR count). The van der Waals surface area contributed by atoms with Crippen LogP contribution in [0.2, 0.25) is 0 Å². The van der Waals surface area contributed by atoms with Gasteiger partial charge in [0.15, 0.2) is 0 Å². The maximum atomic E-state index is 11.9. The predicted molar refractivity (Wildman–Crippen MR) is 97.0 cm³/mol. The highest BCUT2D eigenvalue weighted by Gasteiger charge is 2.15. The van der Waals surface area contributed by atoms with E-state index in [4.69, 9.17) is 0 Å². The van der Waals surface area contributed by atoms with Gasteiger partial charge in [0.25, 0.3) is 0 Å². The molecule has 1 aromatic heterocycles. The molecule has 0 bridgehead atoms. The fourth-order valence-corrected chi connectivity index (χ4v) is 3.25. The summed E-state index contributed by atoms with van der Waals surface area (Å²) in [4.78, 5) is 24.9. The molecule has 0 aliphatic heterocycles. The SMILES string of the molecule is CCCC(O)CNC(=O)C(=O)Nc1cccc(-c2sccc2C)c1. The van der Waals surface area contributed by atoms with Crippen molar-refractivity contribution in [3.63, 3.8) is 0 Å². The zero-order valence-corrected chi connectivity index (χ0v) is 14.7. The molecule has 1 heterocycles. The van der Waals surface area contributed by atoms with Gasteiger partial charge in [0.2, 0.25) is 0 Å². The maximum Gasteiger partial charge on any atom is 0.313 e. The molecule has 0 saturated heterocycles. The fraction of sp³-hybridized carbons (Fsp3) is 0.333. The van der Waals surface area contributed by atoms with Crippen LogP contribution >= 0.6 is 11.3 Å². The van der Waals surface area contributed by atoms with Crippen LogP contribution in [0, 0.1) is 6.92 Å². The Morgan fingerprint density at radius 2 is 2.04 bits per heavy atom. The molecule has 0 fully saturated rings. The zero-order chi connectivity index (χ0) is 17.5. The van der Waals surface area contributed by atoms with Crippen molar-refractivity contribution in [2.45, 2.75) is 32.8 Å². The third kappa shape index (κ3) is 4.91. The molecule has 5 nitrogen and oxygen atoms in total. The number of rotatable bonds is 6. The minimum absolute atomic E-state index is 0.0779. The second-order valence-corrected chi connectivity index (χ2v) is 6.54. The first kappa shape index (κ1) is 18.2. The number of carbonyl (C=O) groups is 2. The quantitative estimate of drug-likeness (QED) is 0.704. The van der Waals surface area contributed by atoms with Crippen LogP contribution in [0.25, 0.3) is 10.4 Å². The van der Waals surface area contributed by atoms with Crippen molar-refractivity contribution in [2.24, 2.45) is 0 Å². The van der Waals surface area contributed by atoms with Gasteiger partial charge in [-0.15, -0.1) is 11.3 Å². The van der Waals surface area contributed by atoms with E-state index in [1.165, 1.54) is 5.56 Å². The smallest absolute Gasteiger partial charge is 0.313 e. The number of anilines is 1. The molecule has 1 aromatic carbocycles. The second-order valence-electron chi connectivity index (χ2n) is 5.62. The number of aliphatic hydroxyl groups excluding tert-OH is 1. The molecule has 128 valence electrons. The average molecular weight is 346 g/mol. The molecule has 1 atom stereocenters. The molecule has 0 spiro atoms. The number of benzene rings is 1. The molecule has 24 heavy (non-hydrogen) atoms. The van der Waals surface area contributed by atoms with Crippen molar-refractivity contribution in [2.75, 3.05) is 11.9 Å². The van der Waals surface area contributed by atoms with Gasteiger partial charge in [-0.25, -0.2) is 0 Å². The van der Waals surface area contributed by atoms with Crippen molar-refractivity contribution in [3.05, 3.63) is 41.3 Å². The maximum absolute atomic E-state index is 11.9. The van der Waals surface area contributed by atoms with Gasteiger partial charge in [0.05, 0.1) is 6.10 Å². The van der Waals surface area contributed by atoms with Gasteiger partial charge in [0, 0.05) is 17.1 Å². The van der Waals surface area contributed by atoms with E-state index in [-0.39, 0.29) is 6.54 Å². The van der Waals surface area contributed by atoms with Crippen molar-refractivity contribution in [3.8, 4) is 10.4 Å². The van der Waals surface area contributed by atoms with Crippen LogP contribution < -0.4 is 10.6 Å². The molecule has 0 aliphatic rings. The highest BCUT2D eigenvalue weighted by atomic mass is 32.1. The van der Waals surface area contributed by atoms with E-state index in [1.54, 1.807) is 17.4 Å². The standard InChI is InChI=1S/C18H22N2O3S/c1-3-5-15(21)11-19-17(22)18(23)20-14-7-4-6-13(10-14)16-12(2)8-9-24-16/h4,6-10,15,21H,3,5,11H2,1-2H3,(H,19,22)(H,20,23). The lowest BCUT2D eigenvalue weighted by atomic mass is 10.1. The molecular formula is C18H22N2O3S. The van der Waals surface area contributed by atoms with Gasteiger partial charge in [0.1, 0.15) is 0 Å². The Bertz CT molecular complexity index is 712. The number of aliphatic hydroxyl groups is 1. The lowest BCUT2D eigenvalue weighted by Crippen LogP contribution is -2.39. The van der Waals surface area contributed by atoms with Crippen LogP contribution in [-0.2, 0) is 9.59 Å². The first-order chi connectivity index (χ1) is 11.5. The highest BCUT2D eigenvalue weighted by Crippen LogP contribution is 2.30. The number of hydrogen-bond donors (Lipinski definition) is 3. The van der Waals surface area contributed by atoms with Crippen LogP contribution in [0.1, 0.15) is 25.3 Å². The van der Waals surface area contributed by atoms with Crippen molar-refractivity contribution in [1.29, 1.82) is 0 Å². The van der Waals surface area contributed by atoms with Crippen molar-refractivity contribution in [1.82, 2.24) is 5.32 Å². The van der Waals surface area contributed by atoms with Crippen LogP contribution in [0.15, 0.2) is 35.7 Å². The van der Waals surface area contributed by atoms with E-state index in [9.17, 15) is 14.7 Å². The summed E-state index contributed by atoms with van der Waals surface area (Å²) in [6, 6.07) is 9.43. The summed E-state index contributed by atoms with van der Waals surface area (Å²) in [7, 11) is 0. The van der Waals surface area contributed by atoms with Gasteiger partial charge in [-0.1, -0.05) is 25.5 Å². The Labute approximate surface area is 145 Å². The Morgan fingerprint density at radius 1 is 1.25 bits per heavy atom. The van der Waals surface area contributed by atoms with Gasteiger partial charge >= 0.3 is 11.8 Å². The number of carbonyl (C=O) groups excluding carboxylic acids is 2. The van der Waals surface area contributed by atoms with Crippen molar-refractivity contribution < 1.29 is 14.7 Å². The average Bonchev–Trinajstić information content (AvgIpc) is 2.99. The largest absolute Gasteiger partial charge is 0.391 e. The first-order valence-corrected chi connectivity index (χ1v) is 8.81. The summed E-state index contributed by atoms with van der Waals surface area (Å²) in [5, 5.41) is 16.6. The summed E-state index contributed by atoms with van der Waals surface area (Å²) >= 11 is 1.63. The Hall–Kier alpha value is -2.18. The van der Waals surface area contributed by atoms with E-state index in [2.05, 4.69) is 10.6 Å². The summed E-state index contributed by atoms with van der Waals surface area (Å²) in [5.74, 6) is -1.48. The molecule has 2 aromatic rings. The zero-order valence-electron chi connectivity index (χ0n) is 13.8. The van der Waals surface area contributed by atoms with Crippen LogP contribution in [0.4, 0.5) is 5.69 Å². The van der Waals surface area contributed by atoms with E-state index < -0.39 is 17.9 Å². The third-order valence-electron chi connectivity index (χ3n) is 3.57. The van der Waals surface area contributed by atoms with E-state index in [0.29, 0.717) is 12.1 Å². The van der Waals surface area contributed by atoms with E-state index in [0.717, 1.165) is 16.9 Å². The number of thiophene rings is 1. The molecule has 2 amide bonds. The van der Waals surface area contributed by atoms with Gasteiger partial charge in [-0.05, 0) is 48.1 Å². The molecule has 0 aliphatic carbocycles. The van der Waals surface area contributed by atoms with E-state index >= 15 is 0 Å². The molecular weight excluding hydrogens is 324 g/mol. The molecule has 1 unspecified atom stereocenters. The number of amides is 2. The molecule has 6 heteroatoms. The van der Waals surface area contributed by atoms with Crippen LogP contribution in [0.3, 0.4) is 0 Å². The molecule has 0 radical (unpaired) electrons. The topological polar surface area (TPSA) is 78.4 Å². The number of nitrogens with one attached hydrogen (secondary N) is 2. The minimum Gasteiger partial charge on any atom is -0.391 e. The van der Waals surface area contributed by atoms with Gasteiger partial charge in [-0.3, -0.25) is 9.59 Å². The predicted octanol–water partition coefficient (Wildman–Crippen LogP) is 2.94. The monoisotopic (exact) mass is 346 g/mol. The summed E-state index contributed by atoms with van der Waals surface area (Å²) in [5.41, 5.74) is 2.74. The van der Waals surface area contributed by atoms with Crippen LogP contribution in [0.5, 0.6) is 0 Å². The number of aryl methyl sites for hydroxylation is 1. The summed E-state index contributed by atoms with van der Waals surface area (Å²) in [6.45, 7) is 4.06. The van der Waals surface area contributed by atoms with E-state index in [1.807, 2.05) is 43.5 Å². The molecule has 3 N–H and O–H groups in total.